The molecule has 2 aromatic rings. The van der Waals surface area contributed by atoms with E-state index < -0.39 is 32.3 Å². The summed E-state index contributed by atoms with van der Waals surface area (Å²) in [5.74, 6) is 1.20. The summed E-state index contributed by atoms with van der Waals surface area (Å²) in [7, 11) is -6.34. The summed E-state index contributed by atoms with van der Waals surface area (Å²) in [6.07, 6.45) is 0.254. The third-order valence-electron chi connectivity index (χ3n) is 6.82. The summed E-state index contributed by atoms with van der Waals surface area (Å²) in [6, 6.07) is 11.0. The van der Waals surface area contributed by atoms with Gasteiger partial charge in [-0.1, -0.05) is 61.3 Å². The van der Waals surface area contributed by atoms with Crippen molar-refractivity contribution in [2.24, 2.45) is 0 Å². The summed E-state index contributed by atoms with van der Waals surface area (Å²) < 4.78 is 51.6. The summed E-state index contributed by atoms with van der Waals surface area (Å²) in [6.45, 7) is 19.7. The molecule has 0 aromatic heterocycles. The van der Waals surface area contributed by atoms with Crippen LogP contribution in [0.2, 0.25) is 51.4 Å². The number of hydrogen-bond donors (Lipinski definition) is 2. The van der Waals surface area contributed by atoms with Crippen molar-refractivity contribution in [3.63, 3.8) is 0 Å². The fourth-order valence-electron chi connectivity index (χ4n) is 4.18. The third kappa shape index (κ3) is 14.3. The van der Waals surface area contributed by atoms with Gasteiger partial charge in [0, 0.05) is 46.9 Å². The van der Waals surface area contributed by atoms with Gasteiger partial charge in [0.2, 0.25) is 10.0 Å². The minimum atomic E-state index is -3.73. The predicted octanol–water partition coefficient (Wildman–Crippen LogP) is 6.54. The van der Waals surface area contributed by atoms with Crippen molar-refractivity contribution in [3.05, 3.63) is 51.5 Å². The Morgan fingerprint density at radius 3 is 2.07 bits per heavy atom. The molecular weight excluding hydrogens is 680 g/mol. The second kappa shape index (κ2) is 17.5. The van der Waals surface area contributed by atoms with Crippen molar-refractivity contribution >= 4 is 47.8 Å². The lowest BCUT2D eigenvalue weighted by Crippen LogP contribution is -2.34. The van der Waals surface area contributed by atoms with Crippen LogP contribution in [0, 0.1) is 13.8 Å². The van der Waals surface area contributed by atoms with Gasteiger partial charge in [0.1, 0.15) is 24.8 Å². The average Bonchev–Trinajstić information content (AvgIpc) is 2.87. The maximum absolute atomic E-state index is 13.0. The van der Waals surface area contributed by atoms with E-state index in [9.17, 15) is 13.5 Å². The van der Waals surface area contributed by atoms with Crippen LogP contribution in [0.1, 0.15) is 22.8 Å². The van der Waals surface area contributed by atoms with E-state index in [-0.39, 0.29) is 20.1 Å². The van der Waals surface area contributed by atoms with E-state index in [0.717, 1.165) is 39.7 Å². The van der Waals surface area contributed by atoms with Crippen molar-refractivity contribution in [2.75, 3.05) is 57.0 Å². The second-order valence-electron chi connectivity index (χ2n) is 13.6. The van der Waals surface area contributed by atoms with Gasteiger partial charge in [0.25, 0.3) is 0 Å². The molecule has 0 spiro atoms. The molecule has 0 amide bonds. The molecule has 0 saturated carbocycles. The van der Waals surface area contributed by atoms with Crippen molar-refractivity contribution in [3.8, 4) is 11.5 Å². The molecule has 2 aromatic carbocycles. The number of hydrogen-bond acceptors (Lipinski definition) is 8. The Morgan fingerprint density at radius 2 is 1.50 bits per heavy atom. The molecule has 0 aliphatic carbocycles. The lowest BCUT2D eigenvalue weighted by atomic mass is 10.1. The van der Waals surface area contributed by atoms with E-state index in [4.69, 9.17) is 18.9 Å². The van der Waals surface area contributed by atoms with E-state index in [1.807, 2.05) is 26.0 Å². The Morgan fingerprint density at radius 1 is 0.909 bits per heavy atom. The van der Waals surface area contributed by atoms with Crippen LogP contribution in [0.15, 0.2) is 34.8 Å². The molecule has 0 heterocycles. The number of benzene rings is 2. The molecule has 9 nitrogen and oxygen atoms in total. The van der Waals surface area contributed by atoms with Gasteiger partial charge in [-0.05, 0) is 66.9 Å². The molecule has 2 N–H and O–H groups in total. The lowest BCUT2D eigenvalue weighted by molar-refractivity contribution is 0.0222. The summed E-state index contributed by atoms with van der Waals surface area (Å²) in [5.41, 5.74) is 2.95. The SMILES string of the molecule is Cc1cc(Br)cc(C)c1OCCNCC(O)c1ccc(OCOCC[Si](C)(C)C)c(N(COCC[Si](C)(C)C)S(C)(=O)=O)c1. The van der Waals surface area contributed by atoms with Crippen molar-refractivity contribution in [1.29, 1.82) is 0 Å². The zero-order valence-electron chi connectivity index (χ0n) is 28.0. The van der Waals surface area contributed by atoms with Gasteiger partial charge in [-0.3, -0.25) is 0 Å². The number of halogens is 1. The molecular formula is C31H53BrN2O7SSi2. The number of nitrogens with one attached hydrogen (secondary N) is 1. The Labute approximate surface area is 275 Å². The topological polar surface area (TPSA) is 107 Å². The van der Waals surface area contributed by atoms with Crippen LogP contribution in [0.3, 0.4) is 0 Å². The molecule has 13 heteroatoms. The maximum Gasteiger partial charge on any atom is 0.234 e. The first kappa shape index (κ1) is 38.7. The van der Waals surface area contributed by atoms with Crippen LogP contribution in [0.4, 0.5) is 5.69 Å². The van der Waals surface area contributed by atoms with Crippen molar-refractivity contribution < 1.29 is 32.5 Å². The lowest BCUT2D eigenvalue weighted by Gasteiger charge is -2.26. The van der Waals surface area contributed by atoms with Crippen LogP contribution in [0.25, 0.3) is 0 Å². The van der Waals surface area contributed by atoms with Gasteiger partial charge in [-0.15, -0.1) is 0 Å². The zero-order valence-corrected chi connectivity index (χ0v) is 32.4. The van der Waals surface area contributed by atoms with E-state index >= 15 is 0 Å². The van der Waals surface area contributed by atoms with Gasteiger partial charge < -0.3 is 29.4 Å². The Bertz CT molecular complexity index is 1280. The van der Waals surface area contributed by atoms with E-state index in [1.54, 1.807) is 18.2 Å². The van der Waals surface area contributed by atoms with Crippen LogP contribution < -0.4 is 19.1 Å². The number of nitrogens with zero attached hydrogens (tertiary/aromatic N) is 1. The van der Waals surface area contributed by atoms with Gasteiger partial charge in [-0.2, -0.15) is 0 Å². The number of rotatable bonds is 20. The monoisotopic (exact) mass is 732 g/mol. The highest BCUT2D eigenvalue weighted by Crippen LogP contribution is 2.33. The standard InChI is InChI=1S/C31H53BrN2O7SSi2/c1-24-18-27(32)19-25(2)31(24)40-13-12-33-21-29(35)26-10-11-30(41-23-39-15-17-44(7,8)9)28(20-26)34(42(3,36)37)22-38-14-16-43(4,5)6/h10-11,18-20,29,33,35H,12-17,21-23H2,1-9H3. The molecule has 0 aliphatic heterocycles. The Kier molecular flexibility index (Phi) is 15.4. The molecule has 0 radical (unpaired) electrons. The van der Waals surface area contributed by atoms with Crippen LogP contribution in [-0.4, -0.2) is 82.4 Å². The van der Waals surface area contributed by atoms with E-state index in [1.165, 1.54) is 4.31 Å². The molecule has 0 aliphatic rings. The van der Waals surface area contributed by atoms with Crippen molar-refractivity contribution in [1.82, 2.24) is 5.32 Å². The van der Waals surface area contributed by atoms with Crippen molar-refractivity contribution in [2.45, 2.75) is 71.3 Å². The Hall–Kier alpha value is -1.46. The number of aryl methyl sites for hydroxylation is 2. The second-order valence-corrected chi connectivity index (χ2v) is 27.7. The largest absolute Gasteiger partial charge is 0.492 e. The molecule has 44 heavy (non-hydrogen) atoms. The fourth-order valence-corrected chi connectivity index (χ4v) is 7.14. The normalized spacial score (nSPS) is 13.2. The van der Waals surface area contributed by atoms with E-state index in [0.29, 0.717) is 43.4 Å². The van der Waals surface area contributed by atoms with Gasteiger partial charge in [-0.25, -0.2) is 12.7 Å². The molecule has 250 valence electrons. The van der Waals surface area contributed by atoms with Crippen LogP contribution in [0.5, 0.6) is 11.5 Å². The Balaban J connectivity index is 2.13. The smallest absolute Gasteiger partial charge is 0.234 e. The first-order valence-corrected chi connectivity index (χ1v) is 25.1. The molecule has 0 bridgehead atoms. The fraction of sp³-hybridized carbons (Fsp3) is 0.613. The summed E-state index contributed by atoms with van der Waals surface area (Å²) in [4.78, 5) is 0. The molecule has 0 saturated heterocycles. The minimum Gasteiger partial charge on any atom is -0.492 e. The highest BCUT2D eigenvalue weighted by Gasteiger charge is 2.24. The highest BCUT2D eigenvalue weighted by atomic mass is 79.9. The van der Waals surface area contributed by atoms with Gasteiger partial charge in [0.15, 0.2) is 6.79 Å². The summed E-state index contributed by atoms with van der Waals surface area (Å²) in [5, 5.41) is 14.2. The first-order valence-electron chi connectivity index (χ1n) is 15.1. The van der Waals surface area contributed by atoms with Gasteiger partial charge in [0.05, 0.1) is 18.0 Å². The number of anilines is 1. The van der Waals surface area contributed by atoms with E-state index in [2.05, 4.69) is 60.5 Å². The number of aliphatic hydroxyl groups is 1. The number of aliphatic hydroxyl groups excluding tert-OH is 1. The maximum atomic E-state index is 13.0. The predicted molar refractivity (Wildman–Crippen MR) is 189 cm³/mol. The van der Waals surface area contributed by atoms with Gasteiger partial charge >= 0.3 is 0 Å². The number of sulfonamides is 1. The molecule has 0 fully saturated rings. The third-order valence-corrected chi connectivity index (χ3v) is 11.8. The average molecular weight is 734 g/mol. The minimum absolute atomic E-state index is 0.00760. The van der Waals surface area contributed by atoms with Crippen LogP contribution >= 0.6 is 15.9 Å². The molecule has 2 rings (SSSR count). The summed E-state index contributed by atoms with van der Waals surface area (Å²) >= 11 is 3.50. The number of ether oxygens (including phenoxy) is 4. The first-order chi connectivity index (χ1) is 20.4. The zero-order chi connectivity index (χ0) is 33.1. The quantitative estimate of drug-likeness (QED) is 0.0899. The highest BCUT2D eigenvalue weighted by molar-refractivity contribution is 9.10. The molecule has 1 atom stereocenters. The van der Waals surface area contributed by atoms with Crippen LogP contribution in [-0.2, 0) is 19.5 Å². The molecule has 1 unspecified atom stereocenters.